The number of piperidine rings is 1. The molecule has 1 saturated heterocycles. The van der Waals surface area contributed by atoms with Crippen LogP contribution in [0.1, 0.15) is 33.2 Å². The lowest BCUT2D eigenvalue weighted by Gasteiger charge is -2.32. The van der Waals surface area contributed by atoms with E-state index in [-0.39, 0.29) is 23.4 Å². The molecule has 0 radical (unpaired) electrons. The van der Waals surface area contributed by atoms with Crippen LogP contribution in [0.25, 0.3) is 0 Å². The van der Waals surface area contributed by atoms with Crippen molar-refractivity contribution in [2.24, 2.45) is 5.92 Å². The molecule has 128 valence electrons. The molecule has 1 aromatic heterocycles. The first-order valence-electron chi connectivity index (χ1n) is 8.15. The van der Waals surface area contributed by atoms with E-state index in [0.29, 0.717) is 13.2 Å². The Morgan fingerprint density at radius 1 is 1.42 bits per heavy atom. The molecule has 1 atom stereocenters. The summed E-state index contributed by atoms with van der Waals surface area (Å²) in [5, 5.41) is 0.910. The summed E-state index contributed by atoms with van der Waals surface area (Å²) in [4.78, 5) is 19.6. The summed E-state index contributed by atoms with van der Waals surface area (Å²) >= 11 is 1.45. The molecular weight excluding hydrogens is 327 g/mol. The van der Waals surface area contributed by atoms with Crippen molar-refractivity contribution in [3.8, 4) is 5.75 Å². The van der Waals surface area contributed by atoms with Crippen molar-refractivity contribution in [3.05, 3.63) is 45.7 Å². The molecule has 1 aromatic carbocycles. The highest BCUT2D eigenvalue weighted by molar-refractivity contribution is 7.13. The van der Waals surface area contributed by atoms with Gasteiger partial charge in [-0.2, -0.15) is 0 Å². The van der Waals surface area contributed by atoms with Crippen molar-refractivity contribution in [3.63, 3.8) is 0 Å². The Morgan fingerprint density at radius 3 is 2.92 bits per heavy atom. The summed E-state index contributed by atoms with van der Waals surface area (Å²) in [6, 6.07) is 6.41. The lowest BCUT2D eigenvalue weighted by molar-refractivity contribution is 0.0635. The van der Waals surface area contributed by atoms with E-state index in [0.717, 1.165) is 35.0 Å². The highest BCUT2D eigenvalue weighted by atomic mass is 32.1. The van der Waals surface area contributed by atoms with E-state index in [1.807, 2.05) is 18.7 Å². The number of halogens is 1. The van der Waals surface area contributed by atoms with Gasteiger partial charge in [0.15, 0.2) is 11.6 Å². The molecule has 0 N–H and O–H groups in total. The molecule has 1 amide bonds. The van der Waals surface area contributed by atoms with E-state index < -0.39 is 0 Å². The Hall–Kier alpha value is -1.95. The smallest absolute Gasteiger partial charge is 0.265 e. The second-order valence-corrected chi connectivity index (χ2v) is 7.35. The maximum atomic E-state index is 13.6. The molecular formula is C18H21FN2O2S. The molecule has 1 fully saturated rings. The lowest BCUT2D eigenvalue weighted by Crippen LogP contribution is -2.41. The molecule has 4 nitrogen and oxygen atoms in total. The van der Waals surface area contributed by atoms with Crippen LogP contribution in [0.2, 0.25) is 0 Å². The van der Waals surface area contributed by atoms with Gasteiger partial charge in [0.1, 0.15) is 4.88 Å². The van der Waals surface area contributed by atoms with Gasteiger partial charge < -0.3 is 9.64 Å². The van der Waals surface area contributed by atoms with Gasteiger partial charge in [-0.15, -0.1) is 11.3 Å². The summed E-state index contributed by atoms with van der Waals surface area (Å²) in [7, 11) is 0. The highest BCUT2D eigenvalue weighted by Crippen LogP contribution is 2.24. The van der Waals surface area contributed by atoms with Gasteiger partial charge in [0.05, 0.1) is 17.3 Å². The minimum absolute atomic E-state index is 0.0497. The average molecular weight is 348 g/mol. The van der Waals surface area contributed by atoms with Crippen LogP contribution in [0.3, 0.4) is 0 Å². The van der Waals surface area contributed by atoms with Gasteiger partial charge in [0, 0.05) is 19.0 Å². The number of para-hydroxylation sites is 1. The fraction of sp³-hybridized carbons (Fsp3) is 0.444. The molecule has 1 aliphatic rings. The summed E-state index contributed by atoms with van der Waals surface area (Å²) in [5.41, 5.74) is 0.798. The molecule has 24 heavy (non-hydrogen) atoms. The van der Waals surface area contributed by atoms with E-state index in [2.05, 4.69) is 4.98 Å². The molecule has 3 rings (SSSR count). The number of amides is 1. The first-order valence-corrected chi connectivity index (χ1v) is 8.97. The van der Waals surface area contributed by atoms with E-state index in [1.54, 1.807) is 18.2 Å². The third-order valence-electron chi connectivity index (χ3n) is 4.22. The van der Waals surface area contributed by atoms with Crippen molar-refractivity contribution >= 4 is 17.2 Å². The number of hydrogen-bond acceptors (Lipinski definition) is 4. The quantitative estimate of drug-likeness (QED) is 0.843. The summed E-state index contributed by atoms with van der Waals surface area (Å²) in [5.74, 6) is 0.192. The zero-order chi connectivity index (χ0) is 17.1. The molecule has 0 unspecified atom stereocenters. The second kappa shape index (κ2) is 7.30. The van der Waals surface area contributed by atoms with Gasteiger partial charge in [-0.05, 0) is 38.8 Å². The van der Waals surface area contributed by atoms with Crippen molar-refractivity contribution < 1.29 is 13.9 Å². The molecule has 2 heterocycles. The van der Waals surface area contributed by atoms with Crippen LogP contribution in [0.15, 0.2) is 24.3 Å². The van der Waals surface area contributed by atoms with Crippen molar-refractivity contribution in [1.29, 1.82) is 0 Å². The van der Waals surface area contributed by atoms with Gasteiger partial charge in [0.2, 0.25) is 0 Å². The third-order valence-corrected chi connectivity index (χ3v) is 5.28. The summed E-state index contributed by atoms with van der Waals surface area (Å²) in [6.07, 6.45) is 1.92. The third kappa shape index (κ3) is 3.75. The monoisotopic (exact) mass is 348 g/mol. The number of likely N-dealkylation sites (tertiary alicyclic amines) is 1. The maximum Gasteiger partial charge on any atom is 0.265 e. The van der Waals surface area contributed by atoms with Crippen molar-refractivity contribution in [2.75, 3.05) is 19.7 Å². The number of ether oxygens (including phenoxy) is 1. The lowest BCUT2D eigenvalue weighted by atomic mass is 9.98. The van der Waals surface area contributed by atoms with Crippen LogP contribution in [-0.4, -0.2) is 35.5 Å². The predicted octanol–water partition coefficient (Wildman–Crippen LogP) is 3.83. The fourth-order valence-electron chi connectivity index (χ4n) is 3.03. The average Bonchev–Trinajstić information content (AvgIpc) is 2.92. The first-order chi connectivity index (χ1) is 11.5. The minimum Gasteiger partial charge on any atom is -0.490 e. The zero-order valence-electron chi connectivity index (χ0n) is 13.9. The molecule has 0 spiro atoms. The number of rotatable bonds is 4. The molecule has 2 aromatic rings. The number of carbonyl (C=O) groups excluding carboxylic acids is 1. The van der Waals surface area contributed by atoms with Gasteiger partial charge in [-0.3, -0.25) is 4.79 Å². The molecule has 6 heteroatoms. The molecule has 0 saturated carbocycles. The van der Waals surface area contributed by atoms with Crippen molar-refractivity contribution in [2.45, 2.75) is 26.7 Å². The van der Waals surface area contributed by atoms with Gasteiger partial charge in [-0.25, -0.2) is 9.37 Å². The van der Waals surface area contributed by atoms with Crippen molar-refractivity contribution in [1.82, 2.24) is 9.88 Å². The van der Waals surface area contributed by atoms with E-state index in [4.69, 9.17) is 4.74 Å². The number of thiazole rings is 1. The number of carbonyl (C=O) groups is 1. The largest absolute Gasteiger partial charge is 0.490 e. The van der Waals surface area contributed by atoms with Crippen LogP contribution in [0, 0.1) is 25.6 Å². The molecule has 0 aliphatic carbocycles. The predicted molar refractivity (Wildman–Crippen MR) is 92.1 cm³/mol. The van der Waals surface area contributed by atoms with Crippen LogP contribution in [0.5, 0.6) is 5.75 Å². The maximum absolute atomic E-state index is 13.6. The topological polar surface area (TPSA) is 42.4 Å². The van der Waals surface area contributed by atoms with Crippen LogP contribution >= 0.6 is 11.3 Å². The Morgan fingerprint density at radius 2 is 2.21 bits per heavy atom. The van der Waals surface area contributed by atoms with E-state index in [1.165, 1.54) is 17.4 Å². The first kappa shape index (κ1) is 16.9. The summed E-state index contributed by atoms with van der Waals surface area (Å²) in [6.45, 7) is 5.61. The number of nitrogens with zero attached hydrogens (tertiary/aromatic N) is 2. The highest BCUT2D eigenvalue weighted by Gasteiger charge is 2.27. The van der Waals surface area contributed by atoms with Crippen LogP contribution in [0.4, 0.5) is 4.39 Å². The molecule has 1 aliphatic heterocycles. The van der Waals surface area contributed by atoms with Gasteiger partial charge in [0.25, 0.3) is 5.91 Å². The van der Waals surface area contributed by atoms with E-state index in [9.17, 15) is 9.18 Å². The number of aryl methyl sites for hydroxylation is 2. The molecule has 0 bridgehead atoms. The normalized spacial score (nSPS) is 17.8. The minimum atomic E-state index is -0.350. The van der Waals surface area contributed by atoms with Gasteiger partial charge >= 0.3 is 0 Å². The Bertz CT molecular complexity index is 732. The standard InChI is InChI=1S/C18H21FN2O2S/c1-12-17(24-13(2)20-12)18(22)21-9-5-6-14(10-21)11-23-16-8-4-3-7-15(16)19/h3-4,7-8,14H,5-6,9-11H2,1-2H3/t14-/m1/s1. The Kier molecular flexibility index (Phi) is 5.14. The summed E-state index contributed by atoms with van der Waals surface area (Å²) < 4.78 is 19.2. The number of benzene rings is 1. The fourth-order valence-corrected chi connectivity index (χ4v) is 3.92. The van der Waals surface area contributed by atoms with E-state index >= 15 is 0 Å². The Labute approximate surface area is 145 Å². The zero-order valence-corrected chi connectivity index (χ0v) is 14.7. The number of aromatic nitrogens is 1. The van der Waals surface area contributed by atoms with Crippen LogP contribution < -0.4 is 4.74 Å². The number of hydrogen-bond donors (Lipinski definition) is 0. The second-order valence-electron chi connectivity index (χ2n) is 6.15. The van der Waals surface area contributed by atoms with Gasteiger partial charge in [-0.1, -0.05) is 12.1 Å². The van der Waals surface area contributed by atoms with Crippen LogP contribution in [-0.2, 0) is 0 Å². The Balaban J connectivity index is 1.61. The SMILES string of the molecule is Cc1nc(C)c(C(=O)N2CCC[C@@H](COc3ccccc3F)C2)s1.